The molecule has 4 rings (SSSR count). The van der Waals surface area contributed by atoms with E-state index in [1.54, 1.807) is 0 Å². The molecule has 0 spiro atoms. The second kappa shape index (κ2) is 9.13. The number of nitrogens with zero attached hydrogens (tertiary/aromatic N) is 2. The zero-order valence-corrected chi connectivity index (χ0v) is 17.1. The predicted octanol–water partition coefficient (Wildman–Crippen LogP) is 4.67. The van der Waals surface area contributed by atoms with Crippen molar-refractivity contribution in [2.75, 3.05) is 6.54 Å². The molecule has 0 aliphatic carbocycles. The summed E-state index contributed by atoms with van der Waals surface area (Å²) >= 11 is 0. The summed E-state index contributed by atoms with van der Waals surface area (Å²) in [5.41, 5.74) is 2.74. The zero-order chi connectivity index (χ0) is 20.9. The van der Waals surface area contributed by atoms with Gasteiger partial charge >= 0.3 is 5.97 Å². The van der Waals surface area contributed by atoms with Crippen LogP contribution in [0, 0.1) is 6.92 Å². The van der Waals surface area contributed by atoms with Crippen LogP contribution >= 0.6 is 0 Å². The maximum absolute atomic E-state index is 11.5. The zero-order valence-electron chi connectivity index (χ0n) is 17.1. The number of oxazole rings is 1. The number of likely N-dealkylation sites (tertiary alicyclic amines) is 1. The van der Waals surface area contributed by atoms with Gasteiger partial charge in [-0.3, -0.25) is 9.69 Å². The van der Waals surface area contributed by atoms with Crippen molar-refractivity contribution in [3.63, 3.8) is 0 Å². The van der Waals surface area contributed by atoms with E-state index in [-0.39, 0.29) is 0 Å². The first-order chi connectivity index (χ1) is 14.6. The molecule has 2 aromatic carbocycles. The molecule has 1 aliphatic rings. The lowest BCUT2D eigenvalue weighted by Gasteiger charge is -2.32. The molecule has 0 radical (unpaired) electrons. The monoisotopic (exact) mass is 406 g/mol. The average Bonchev–Trinajstić information content (AvgIpc) is 3.14. The van der Waals surface area contributed by atoms with Crippen LogP contribution in [0.25, 0.3) is 11.5 Å². The number of hydrogen-bond acceptors (Lipinski definition) is 5. The number of benzene rings is 2. The lowest BCUT2D eigenvalue weighted by molar-refractivity contribution is -0.144. The van der Waals surface area contributed by atoms with Gasteiger partial charge in [0.2, 0.25) is 5.89 Å². The fourth-order valence-corrected chi connectivity index (χ4v) is 3.85. The highest BCUT2D eigenvalue weighted by Crippen LogP contribution is 2.24. The molecule has 0 unspecified atom stereocenters. The van der Waals surface area contributed by atoms with Gasteiger partial charge in [0.1, 0.15) is 29.9 Å². The smallest absolute Gasteiger partial charge is 0.320 e. The van der Waals surface area contributed by atoms with E-state index in [2.05, 4.69) is 4.98 Å². The average molecular weight is 406 g/mol. The van der Waals surface area contributed by atoms with E-state index in [1.165, 1.54) is 0 Å². The van der Waals surface area contributed by atoms with Crippen molar-refractivity contribution in [3.8, 4) is 17.2 Å². The molecule has 1 N–H and O–H groups in total. The molecule has 3 aromatic rings. The van der Waals surface area contributed by atoms with Crippen LogP contribution in [0.1, 0.15) is 36.3 Å². The van der Waals surface area contributed by atoms with Gasteiger partial charge in [-0.05, 0) is 56.1 Å². The Balaban J connectivity index is 1.41. The number of aromatic nitrogens is 1. The molecule has 1 aromatic heterocycles. The first-order valence-electron chi connectivity index (χ1n) is 10.3. The molecule has 1 atom stereocenters. The largest absolute Gasteiger partial charge is 0.487 e. The maximum atomic E-state index is 11.5. The first-order valence-corrected chi connectivity index (χ1v) is 10.3. The van der Waals surface area contributed by atoms with E-state index >= 15 is 0 Å². The Hall–Kier alpha value is -3.12. The third-order valence-corrected chi connectivity index (χ3v) is 5.47. The Kier molecular flexibility index (Phi) is 6.14. The maximum Gasteiger partial charge on any atom is 0.320 e. The fraction of sp³-hybridized carbons (Fsp3) is 0.333. The Morgan fingerprint density at radius 2 is 2.03 bits per heavy atom. The highest BCUT2D eigenvalue weighted by molar-refractivity contribution is 5.73. The minimum atomic E-state index is -0.738. The number of hydrogen-bond donors (Lipinski definition) is 1. The summed E-state index contributed by atoms with van der Waals surface area (Å²) in [5, 5.41) is 9.48. The van der Waals surface area contributed by atoms with Crippen molar-refractivity contribution in [3.05, 3.63) is 71.6 Å². The van der Waals surface area contributed by atoms with Gasteiger partial charge < -0.3 is 14.3 Å². The first kappa shape index (κ1) is 20.2. The Bertz CT molecular complexity index is 999. The molecular weight excluding hydrogens is 380 g/mol. The Labute approximate surface area is 176 Å². The molecule has 30 heavy (non-hydrogen) atoms. The second-order valence-electron chi connectivity index (χ2n) is 7.64. The third-order valence-electron chi connectivity index (χ3n) is 5.47. The molecule has 0 saturated carbocycles. The Morgan fingerprint density at radius 1 is 1.20 bits per heavy atom. The summed E-state index contributed by atoms with van der Waals surface area (Å²) in [5.74, 6) is 1.32. The normalized spacial score (nSPS) is 17.0. The standard InChI is InChI=1S/C24H26N2O4/c1-17-21(25-23(30-17)19-9-3-2-4-10-19)16-29-20-11-7-8-18(14-20)15-26-13-6-5-12-22(26)24(27)28/h2-4,7-11,14,22H,5-6,12-13,15-16H2,1H3,(H,27,28)/t22-/m1/s1. The predicted molar refractivity (Wildman–Crippen MR) is 113 cm³/mol. The van der Waals surface area contributed by atoms with Crippen molar-refractivity contribution in [1.29, 1.82) is 0 Å². The van der Waals surface area contributed by atoms with Crippen LogP contribution < -0.4 is 4.74 Å². The summed E-state index contributed by atoms with van der Waals surface area (Å²) in [7, 11) is 0. The molecule has 0 amide bonds. The number of aliphatic carboxylic acids is 1. The third kappa shape index (κ3) is 4.71. The number of ether oxygens (including phenoxy) is 1. The van der Waals surface area contributed by atoms with Gasteiger partial charge in [-0.2, -0.15) is 0 Å². The minimum absolute atomic E-state index is 0.313. The lowest BCUT2D eigenvalue weighted by Crippen LogP contribution is -2.43. The fourth-order valence-electron chi connectivity index (χ4n) is 3.85. The summed E-state index contributed by atoms with van der Waals surface area (Å²) in [6, 6.07) is 17.2. The number of carboxylic acids is 1. The molecule has 156 valence electrons. The van der Waals surface area contributed by atoms with E-state index in [0.717, 1.165) is 47.7 Å². The SMILES string of the molecule is Cc1oc(-c2ccccc2)nc1COc1cccc(CN2CCCC[C@@H]2C(=O)O)c1. The van der Waals surface area contributed by atoms with E-state index in [9.17, 15) is 9.90 Å². The van der Waals surface area contributed by atoms with Crippen molar-refractivity contribution in [2.24, 2.45) is 0 Å². The molecule has 1 aliphatic heterocycles. The van der Waals surface area contributed by atoms with Gasteiger partial charge in [0, 0.05) is 12.1 Å². The summed E-state index contributed by atoms with van der Waals surface area (Å²) < 4.78 is 11.8. The van der Waals surface area contributed by atoms with E-state index in [0.29, 0.717) is 25.5 Å². The van der Waals surface area contributed by atoms with Gasteiger partial charge in [-0.25, -0.2) is 4.98 Å². The topological polar surface area (TPSA) is 75.8 Å². The number of piperidine rings is 1. The van der Waals surface area contributed by atoms with Crippen molar-refractivity contribution < 1.29 is 19.1 Å². The molecule has 2 heterocycles. The van der Waals surface area contributed by atoms with Crippen LogP contribution in [0.2, 0.25) is 0 Å². The quantitative estimate of drug-likeness (QED) is 0.615. The van der Waals surface area contributed by atoms with Crippen LogP contribution in [0.5, 0.6) is 5.75 Å². The Morgan fingerprint density at radius 3 is 2.83 bits per heavy atom. The minimum Gasteiger partial charge on any atom is -0.487 e. The van der Waals surface area contributed by atoms with Crippen LogP contribution in [0.15, 0.2) is 59.0 Å². The molecule has 1 fully saturated rings. The summed E-state index contributed by atoms with van der Waals surface area (Å²) in [6.45, 7) is 3.61. The highest BCUT2D eigenvalue weighted by atomic mass is 16.5. The van der Waals surface area contributed by atoms with Gasteiger partial charge in [-0.1, -0.05) is 36.8 Å². The van der Waals surface area contributed by atoms with Crippen LogP contribution in [0.4, 0.5) is 0 Å². The summed E-state index contributed by atoms with van der Waals surface area (Å²) in [4.78, 5) is 18.2. The van der Waals surface area contributed by atoms with Gasteiger partial charge in [0.15, 0.2) is 0 Å². The van der Waals surface area contributed by atoms with Crippen LogP contribution in [-0.2, 0) is 17.9 Å². The molecule has 6 heteroatoms. The molecule has 1 saturated heterocycles. The second-order valence-corrected chi connectivity index (χ2v) is 7.64. The number of aryl methyl sites for hydroxylation is 1. The highest BCUT2D eigenvalue weighted by Gasteiger charge is 2.28. The number of rotatable bonds is 7. The molecule has 6 nitrogen and oxygen atoms in total. The lowest BCUT2D eigenvalue weighted by atomic mass is 10.0. The van der Waals surface area contributed by atoms with Crippen LogP contribution in [0.3, 0.4) is 0 Å². The van der Waals surface area contributed by atoms with Crippen LogP contribution in [-0.4, -0.2) is 33.5 Å². The number of carbonyl (C=O) groups is 1. The van der Waals surface area contributed by atoms with E-state index in [4.69, 9.17) is 9.15 Å². The van der Waals surface area contributed by atoms with Crippen molar-refractivity contribution >= 4 is 5.97 Å². The number of carboxylic acid groups (broad SMARTS) is 1. The summed E-state index contributed by atoms with van der Waals surface area (Å²) in [6.07, 6.45) is 2.72. The van der Waals surface area contributed by atoms with Crippen molar-refractivity contribution in [2.45, 2.75) is 45.4 Å². The van der Waals surface area contributed by atoms with Gasteiger partial charge in [0.05, 0.1) is 0 Å². The molecular formula is C24H26N2O4. The van der Waals surface area contributed by atoms with Gasteiger partial charge in [0.25, 0.3) is 0 Å². The van der Waals surface area contributed by atoms with E-state index in [1.807, 2.05) is 66.4 Å². The molecule has 0 bridgehead atoms. The van der Waals surface area contributed by atoms with Gasteiger partial charge in [-0.15, -0.1) is 0 Å². The van der Waals surface area contributed by atoms with Crippen molar-refractivity contribution in [1.82, 2.24) is 9.88 Å². The van der Waals surface area contributed by atoms with E-state index < -0.39 is 12.0 Å².